The molecule has 2 aromatic carbocycles. The summed E-state index contributed by atoms with van der Waals surface area (Å²) < 4.78 is 0. The third-order valence-electron chi connectivity index (χ3n) is 2.84. The predicted molar refractivity (Wildman–Crippen MR) is 84.6 cm³/mol. The molecule has 0 fully saturated rings. The summed E-state index contributed by atoms with van der Waals surface area (Å²) in [5.41, 5.74) is 2.58. The zero-order chi connectivity index (χ0) is 14.6. The van der Waals surface area contributed by atoms with Crippen molar-refractivity contribution >= 4 is 5.91 Å². The number of carbonyl (C=O) groups is 1. The van der Waals surface area contributed by atoms with Gasteiger partial charge in [-0.2, -0.15) is 0 Å². The molecule has 2 aromatic rings. The van der Waals surface area contributed by atoms with Gasteiger partial charge in [-0.3, -0.25) is 4.79 Å². The highest BCUT2D eigenvalue weighted by Crippen LogP contribution is 1.98. The first-order valence-corrected chi connectivity index (χ1v) is 7.04. The van der Waals surface area contributed by atoms with Gasteiger partial charge < -0.3 is 5.32 Å². The van der Waals surface area contributed by atoms with Gasteiger partial charge in [0.15, 0.2) is 0 Å². The lowest BCUT2D eigenvalue weighted by atomic mass is 10.1. The van der Waals surface area contributed by atoms with Gasteiger partial charge in [-0.05, 0) is 18.9 Å². The number of hydrogen-bond acceptors (Lipinski definition) is 1. The Hall–Kier alpha value is -2.09. The van der Waals surface area contributed by atoms with Gasteiger partial charge in [0.05, 0.1) is 0 Å². The standard InChI is InChI=1S/C11H15NO.C7H8/c1-2-11(13)12-9-8-10-6-4-3-5-7-10;1-7-5-3-2-4-6-7/h3-7H,2,8-9H2,1H3,(H,12,13);2-6H,1H3. The molecule has 0 unspecified atom stereocenters. The first-order valence-electron chi connectivity index (χ1n) is 7.04. The maximum Gasteiger partial charge on any atom is 0.219 e. The third kappa shape index (κ3) is 7.37. The lowest BCUT2D eigenvalue weighted by Gasteiger charge is -2.02. The van der Waals surface area contributed by atoms with Crippen molar-refractivity contribution in [2.45, 2.75) is 26.7 Å². The maximum atomic E-state index is 10.9. The molecule has 0 saturated carbocycles. The number of hydrogen-bond donors (Lipinski definition) is 1. The number of rotatable bonds is 4. The zero-order valence-electron chi connectivity index (χ0n) is 12.3. The van der Waals surface area contributed by atoms with E-state index in [9.17, 15) is 4.79 Å². The fourth-order valence-electron chi connectivity index (χ4n) is 1.65. The van der Waals surface area contributed by atoms with Gasteiger partial charge in [-0.15, -0.1) is 0 Å². The van der Waals surface area contributed by atoms with Gasteiger partial charge in [-0.1, -0.05) is 73.2 Å². The van der Waals surface area contributed by atoms with E-state index in [2.05, 4.69) is 36.5 Å². The van der Waals surface area contributed by atoms with E-state index in [4.69, 9.17) is 0 Å². The molecular weight excluding hydrogens is 246 g/mol. The van der Waals surface area contributed by atoms with E-state index in [1.807, 2.05) is 43.3 Å². The summed E-state index contributed by atoms with van der Waals surface area (Å²) in [5, 5.41) is 2.84. The topological polar surface area (TPSA) is 29.1 Å². The number of aryl methyl sites for hydroxylation is 1. The van der Waals surface area contributed by atoms with Gasteiger partial charge >= 0.3 is 0 Å². The number of nitrogens with one attached hydrogen (secondary N) is 1. The molecule has 2 heteroatoms. The molecular formula is C18H23NO. The van der Waals surface area contributed by atoms with Crippen LogP contribution in [0.4, 0.5) is 0 Å². The van der Waals surface area contributed by atoms with E-state index < -0.39 is 0 Å². The molecule has 0 atom stereocenters. The molecule has 0 radical (unpaired) electrons. The first kappa shape index (κ1) is 16.0. The molecule has 0 aliphatic rings. The molecule has 0 aliphatic heterocycles. The SMILES string of the molecule is CCC(=O)NCCc1ccccc1.Cc1ccccc1. The van der Waals surface area contributed by atoms with E-state index in [1.165, 1.54) is 11.1 Å². The minimum absolute atomic E-state index is 0.121. The van der Waals surface area contributed by atoms with E-state index in [0.29, 0.717) is 6.42 Å². The van der Waals surface area contributed by atoms with Crippen LogP contribution in [-0.4, -0.2) is 12.5 Å². The van der Waals surface area contributed by atoms with Crippen molar-refractivity contribution in [3.05, 3.63) is 71.8 Å². The molecule has 20 heavy (non-hydrogen) atoms. The zero-order valence-corrected chi connectivity index (χ0v) is 12.3. The molecule has 2 nitrogen and oxygen atoms in total. The molecule has 1 N–H and O–H groups in total. The Morgan fingerprint density at radius 2 is 1.50 bits per heavy atom. The fraction of sp³-hybridized carbons (Fsp3) is 0.278. The van der Waals surface area contributed by atoms with Gasteiger partial charge in [-0.25, -0.2) is 0 Å². The van der Waals surface area contributed by atoms with Crippen molar-refractivity contribution in [1.29, 1.82) is 0 Å². The quantitative estimate of drug-likeness (QED) is 0.900. The second-order valence-electron chi connectivity index (χ2n) is 4.59. The van der Waals surface area contributed by atoms with E-state index in [1.54, 1.807) is 0 Å². The van der Waals surface area contributed by atoms with Crippen LogP contribution in [0, 0.1) is 6.92 Å². The smallest absolute Gasteiger partial charge is 0.219 e. The Morgan fingerprint density at radius 3 is 1.95 bits per heavy atom. The van der Waals surface area contributed by atoms with Crippen LogP contribution in [0.3, 0.4) is 0 Å². The van der Waals surface area contributed by atoms with Crippen molar-refractivity contribution in [3.63, 3.8) is 0 Å². The first-order chi connectivity index (χ1) is 9.72. The summed E-state index contributed by atoms with van der Waals surface area (Å²) in [6.07, 6.45) is 1.47. The van der Waals surface area contributed by atoms with Crippen LogP contribution in [-0.2, 0) is 11.2 Å². The molecule has 0 spiro atoms. The van der Waals surface area contributed by atoms with Crippen LogP contribution in [0.15, 0.2) is 60.7 Å². The van der Waals surface area contributed by atoms with Gasteiger partial charge in [0, 0.05) is 13.0 Å². The molecule has 1 amide bonds. The summed E-state index contributed by atoms with van der Waals surface area (Å²) in [6.45, 7) is 4.68. The lowest BCUT2D eigenvalue weighted by molar-refractivity contribution is -0.120. The highest BCUT2D eigenvalue weighted by atomic mass is 16.1. The summed E-state index contributed by atoms with van der Waals surface area (Å²) in [7, 11) is 0. The highest BCUT2D eigenvalue weighted by molar-refractivity contribution is 5.75. The van der Waals surface area contributed by atoms with Crippen LogP contribution < -0.4 is 5.32 Å². The Morgan fingerprint density at radius 1 is 0.950 bits per heavy atom. The van der Waals surface area contributed by atoms with Crippen LogP contribution >= 0.6 is 0 Å². The summed E-state index contributed by atoms with van der Waals surface area (Å²) in [4.78, 5) is 10.9. The van der Waals surface area contributed by atoms with Crippen molar-refractivity contribution in [2.24, 2.45) is 0 Å². The maximum absolute atomic E-state index is 10.9. The van der Waals surface area contributed by atoms with Crippen LogP contribution in [0.5, 0.6) is 0 Å². The average Bonchev–Trinajstić information content (AvgIpc) is 2.49. The average molecular weight is 269 g/mol. The summed E-state index contributed by atoms with van der Waals surface area (Å²) in [5.74, 6) is 0.121. The molecule has 0 heterocycles. The van der Waals surface area contributed by atoms with Crippen molar-refractivity contribution < 1.29 is 4.79 Å². The van der Waals surface area contributed by atoms with Gasteiger partial charge in [0.25, 0.3) is 0 Å². The number of carbonyl (C=O) groups excluding carboxylic acids is 1. The van der Waals surface area contributed by atoms with Gasteiger partial charge in [0.1, 0.15) is 0 Å². The van der Waals surface area contributed by atoms with E-state index >= 15 is 0 Å². The van der Waals surface area contributed by atoms with E-state index in [0.717, 1.165) is 13.0 Å². The second kappa shape index (κ2) is 9.79. The molecule has 0 aliphatic carbocycles. The minimum atomic E-state index is 0.121. The summed E-state index contributed by atoms with van der Waals surface area (Å²) in [6, 6.07) is 20.4. The monoisotopic (exact) mass is 269 g/mol. The van der Waals surface area contributed by atoms with Crippen molar-refractivity contribution in [3.8, 4) is 0 Å². The van der Waals surface area contributed by atoms with Crippen molar-refractivity contribution in [1.82, 2.24) is 5.32 Å². The van der Waals surface area contributed by atoms with Gasteiger partial charge in [0.2, 0.25) is 5.91 Å². The normalized spacial score (nSPS) is 9.30. The molecule has 0 saturated heterocycles. The molecule has 106 valence electrons. The third-order valence-corrected chi connectivity index (χ3v) is 2.84. The van der Waals surface area contributed by atoms with Crippen LogP contribution in [0.2, 0.25) is 0 Å². The largest absolute Gasteiger partial charge is 0.356 e. The fourth-order valence-corrected chi connectivity index (χ4v) is 1.65. The minimum Gasteiger partial charge on any atom is -0.356 e. The predicted octanol–water partition coefficient (Wildman–Crippen LogP) is 3.75. The molecule has 0 aromatic heterocycles. The molecule has 0 bridgehead atoms. The number of benzene rings is 2. The van der Waals surface area contributed by atoms with Crippen molar-refractivity contribution in [2.75, 3.05) is 6.54 Å². The van der Waals surface area contributed by atoms with Crippen LogP contribution in [0.1, 0.15) is 24.5 Å². The highest BCUT2D eigenvalue weighted by Gasteiger charge is 1.95. The van der Waals surface area contributed by atoms with Crippen LogP contribution in [0.25, 0.3) is 0 Å². The Kier molecular flexibility index (Phi) is 7.82. The second-order valence-corrected chi connectivity index (χ2v) is 4.59. The van der Waals surface area contributed by atoms with E-state index in [-0.39, 0.29) is 5.91 Å². The Labute approximate surface area is 121 Å². The molecule has 2 rings (SSSR count). The lowest BCUT2D eigenvalue weighted by Crippen LogP contribution is -2.24. The Balaban J connectivity index is 0.000000240. The summed E-state index contributed by atoms with van der Waals surface area (Å²) >= 11 is 0. The number of amides is 1. The Bertz CT molecular complexity index is 479.